The van der Waals surface area contributed by atoms with Crippen LogP contribution in [0.15, 0.2) is 12.1 Å². The predicted octanol–water partition coefficient (Wildman–Crippen LogP) is 4.50. The van der Waals surface area contributed by atoms with E-state index in [2.05, 4.69) is 4.98 Å². The van der Waals surface area contributed by atoms with Crippen molar-refractivity contribution in [3.05, 3.63) is 27.3 Å². The Bertz CT molecular complexity index is 640. The second-order valence-electron chi connectivity index (χ2n) is 5.39. The van der Waals surface area contributed by atoms with E-state index in [1.165, 1.54) is 6.07 Å². The Hall–Kier alpha value is -0.400. The first kappa shape index (κ1) is 16.0. The van der Waals surface area contributed by atoms with Gasteiger partial charge in [0, 0.05) is 13.2 Å². The van der Waals surface area contributed by atoms with Crippen LogP contribution in [0.3, 0.4) is 0 Å². The maximum atomic E-state index is 13.8. The third-order valence-corrected chi connectivity index (χ3v) is 4.29. The largest absolute Gasteiger partial charge is 0.377 e. The molecule has 0 amide bonds. The first-order chi connectivity index (χ1) is 9.25. The average molecular weight is 411 g/mol. The lowest BCUT2D eigenvalue weighted by molar-refractivity contribution is 0.00842. The molecule has 0 aliphatic carbocycles. The molecule has 1 aromatic heterocycles. The van der Waals surface area contributed by atoms with Crippen molar-refractivity contribution in [3.63, 3.8) is 0 Å². The fourth-order valence-electron chi connectivity index (χ4n) is 2.05. The topological polar surface area (TPSA) is 27.1 Å². The minimum Gasteiger partial charge on any atom is -0.377 e. The Morgan fingerprint density at radius 1 is 1.50 bits per heavy atom. The molecule has 0 saturated carbocycles. The number of hydrogen-bond donors (Lipinski definition) is 0. The van der Waals surface area contributed by atoms with Crippen LogP contribution in [0.5, 0.6) is 0 Å². The van der Waals surface area contributed by atoms with Crippen molar-refractivity contribution in [2.24, 2.45) is 0 Å². The van der Waals surface area contributed by atoms with Crippen LogP contribution in [0.25, 0.3) is 11.0 Å². The lowest BCUT2D eigenvalue weighted by Crippen LogP contribution is -2.30. The van der Waals surface area contributed by atoms with Gasteiger partial charge in [-0.25, -0.2) is 9.37 Å². The van der Waals surface area contributed by atoms with Crippen molar-refractivity contribution in [1.82, 2.24) is 9.55 Å². The van der Waals surface area contributed by atoms with Gasteiger partial charge in [-0.2, -0.15) is 0 Å². The summed E-state index contributed by atoms with van der Waals surface area (Å²) in [6.45, 7) is 6.38. The van der Waals surface area contributed by atoms with Gasteiger partial charge in [-0.3, -0.25) is 0 Å². The van der Waals surface area contributed by atoms with Crippen LogP contribution in [0, 0.1) is 9.39 Å². The quantitative estimate of drug-likeness (QED) is 0.548. The van der Waals surface area contributed by atoms with E-state index >= 15 is 0 Å². The molecule has 2 rings (SSSR count). The number of hydrogen-bond acceptors (Lipinski definition) is 2. The number of alkyl halides is 1. The number of benzene rings is 1. The van der Waals surface area contributed by atoms with Crippen LogP contribution in [-0.2, 0) is 11.3 Å². The van der Waals surface area contributed by atoms with E-state index in [-0.39, 0.29) is 16.8 Å². The van der Waals surface area contributed by atoms with E-state index < -0.39 is 0 Å². The molecule has 0 radical (unpaired) electrons. The van der Waals surface area contributed by atoms with Crippen molar-refractivity contribution in [3.8, 4) is 0 Å². The summed E-state index contributed by atoms with van der Waals surface area (Å²) < 4.78 is 21.8. The van der Waals surface area contributed by atoms with E-state index in [0.717, 1.165) is 16.9 Å². The van der Waals surface area contributed by atoms with Gasteiger partial charge in [0.25, 0.3) is 0 Å². The molecule has 2 aromatic rings. The molecule has 0 N–H and O–H groups in total. The monoisotopic (exact) mass is 410 g/mol. The van der Waals surface area contributed by atoms with Crippen molar-refractivity contribution < 1.29 is 9.13 Å². The van der Waals surface area contributed by atoms with Crippen molar-refractivity contribution >= 4 is 45.2 Å². The summed E-state index contributed by atoms with van der Waals surface area (Å²) in [7, 11) is 1.66. The standard InChI is InChI=1S/C14H17ClFIN2O/c1-8(15)13-18-11-6-10(17)9(16)5-12(11)19(13)7-14(2,3)20-4/h5-6,8H,7H2,1-4H3. The Balaban J connectivity index is 2.65. The van der Waals surface area contributed by atoms with Gasteiger partial charge in [-0.1, -0.05) is 0 Å². The number of rotatable bonds is 4. The Morgan fingerprint density at radius 2 is 2.15 bits per heavy atom. The number of aromatic nitrogens is 2. The van der Waals surface area contributed by atoms with Crippen LogP contribution in [-0.4, -0.2) is 22.3 Å². The van der Waals surface area contributed by atoms with Gasteiger partial charge in [0.2, 0.25) is 0 Å². The maximum Gasteiger partial charge on any atom is 0.138 e. The lowest BCUT2D eigenvalue weighted by Gasteiger charge is -2.25. The number of imidazole rings is 1. The molecule has 1 heterocycles. The van der Waals surface area contributed by atoms with E-state index in [1.54, 1.807) is 13.2 Å². The second-order valence-corrected chi connectivity index (χ2v) is 7.21. The van der Waals surface area contributed by atoms with E-state index in [9.17, 15) is 4.39 Å². The summed E-state index contributed by atoms with van der Waals surface area (Å²) in [5.74, 6) is 0.483. The van der Waals surface area contributed by atoms with Crippen molar-refractivity contribution in [2.45, 2.75) is 38.3 Å². The minimum absolute atomic E-state index is 0.247. The predicted molar refractivity (Wildman–Crippen MR) is 87.8 cm³/mol. The molecule has 1 atom stereocenters. The summed E-state index contributed by atoms with van der Waals surface area (Å²) in [5, 5.41) is -0.254. The van der Waals surface area contributed by atoms with Crippen LogP contribution in [0.2, 0.25) is 0 Å². The minimum atomic E-state index is -0.381. The molecule has 110 valence electrons. The third kappa shape index (κ3) is 3.09. The second kappa shape index (κ2) is 5.77. The fraction of sp³-hybridized carbons (Fsp3) is 0.500. The highest BCUT2D eigenvalue weighted by molar-refractivity contribution is 14.1. The Morgan fingerprint density at radius 3 is 2.70 bits per heavy atom. The van der Waals surface area contributed by atoms with Gasteiger partial charge in [0.15, 0.2) is 0 Å². The molecule has 0 fully saturated rings. The van der Waals surface area contributed by atoms with Crippen LogP contribution in [0.4, 0.5) is 4.39 Å². The average Bonchev–Trinajstić information content (AvgIpc) is 2.68. The van der Waals surface area contributed by atoms with E-state index in [4.69, 9.17) is 16.3 Å². The zero-order valence-corrected chi connectivity index (χ0v) is 14.8. The van der Waals surface area contributed by atoms with Crippen LogP contribution < -0.4 is 0 Å². The molecule has 0 aliphatic rings. The SMILES string of the molecule is COC(C)(C)Cn1c(C(C)Cl)nc2cc(I)c(F)cc21. The molecule has 1 unspecified atom stereocenters. The summed E-state index contributed by atoms with van der Waals surface area (Å²) in [6.07, 6.45) is 0. The summed E-state index contributed by atoms with van der Waals surface area (Å²) in [4.78, 5) is 4.54. The summed E-state index contributed by atoms with van der Waals surface area (Å²) in [5.41, 5.74) is 1.12. The highest BCUT2D eigenvalue weighted by Gasteiger charge is 2.23. The molecule has 0 aliphatic heterocycles. The van der Waals surface area contributed by atoms with E-state index in [0.29, 0.717) is 10.1 Å². The van der Waals surface area contributed by atoms with Gasteiger partial charge in [-0.15, -0.1) is 11.6 Å². The molecular formula is C14H17ClFIN2O. The highest BCUT2D eigenvalue weighted by Crippen LogP contribution is 2.29. The lowest BCUT2D eigenvalue weighted by atomic mass is 10.1. The van der Waals surface area contributed by atoms with Gasteiger partial charge in [0.1, 0.15) is 11.6 Å². The zero-order chi connectivity index (χ0) is 15.1. The molecule has 0 spiro atoms. The maximum absolute atomic E-state index is 13.8. The number of nitrogens with zero attached hydrogens (tertiary/aromatic N) is 2. The molecule has 20 heavy (non-hydrogen) atoms. The normalized spacial score (nSPS) is 13.9. The molecule has 1 aromatic carbocycles. The molecular weight excluding hydrogens is 394 g/mol. The Kier molecular flexibility index (Phi) is 4.61. The van der Waals surface area contributed by atoms with Gasteiger partial charge < -0.3 is 9.30 Å². The first-order valence-electron chi connectivity index (χ1n) is 6.29. The molecule has 3 nitrogen and oxygen atoms in total. The van der Waals surface area contributed by atoms with Gasteiger partial charge >= 0.3 is 0 Å². The molecule has 0 saturated heterocycles. The number of fused-ring (bicyclic) bond motifs is 1. The summed E-state index contributed by atoms with van der Waals surface area (Å²) in [6, 6.07) is 3.25. The number of halogens is 3. The fourth-order valence-corrected chi connectivity index (χ4v) is 2.67. The number of methoxy groups -OCH3 is 1. The van der Waals surface area contributed by atoms with Crippen molar-refractivity contribution in [1.29, 1.82) is 0 Å². The van der Waals surface area contributed by atoms with Crippen LogP contribution >= 0.6 is 34.2 Å². The van der Waals surface area contributed by atoms with Crippen molar-refractivity contribution in [2.75, 3.05) is 7.11 Å². The number of ether oxygens (including phenoxy) is 1. The zero-order valence-electron chi connectivity index (χ0n) is 11.9. The van der Waals surface area contributed by atoms with Crippen LogP contribution in [0.1, 0.15) is 32.0 Å². The van der Waals surface area contributed by atoms with E-state index in [1.807, 2.05) is 47.9 Å². The Labute approximate surface area is 136 Å². The molecule has 0 bridgehead atoms. The molecule has 6 heteroatoms. The van der Waals surface area contributed by atoms with Gasteiger partial charge in [0.05, 0.1) is 32.1 Å². The summed E-state index contributed by atoms with van der Waals surface area (Å²) >= 11 is 8.18. The van der Waals surface area contributed by atoms with Gasteiger partial charge in [-0.05, 0) is 49.4 Å². The first-order valence-corrected chi connectivity index (χ1v) is 7.81. The smallest absolute Gasteiger partial charge is 0.138 e. The highest BCUT2D eigenvalue weighted by atomic mass is 127. The third-order valence-electron chi connectivity index (χ3n) is 3.27.